The fourth-order valence-corrected chi connectivity index (χ4v) is 2.14. The highest BCUT2D eigenvalue weighted by Gasteiger charge is 2.47. The van der Waals surface area contributed by atoms with Gasteiger partial charge >= 0.3 is 0 Å². The van der Waals surface area contributed by atoms with Gasteiger partial charge in [-0.3, -0.25) is 0 Å². The van der Waals surface area contributed by atoms with Gasteiger partial charge in [-0.2, -0.15) is 0 Å². The third-order valence-electron chi connectivity index (χ3n) is 3.04. The minimum Gasteiger partial charge on any atom is -0.313 e. The van der Waals surface area contributed by atoms with E-state index in [9.17, 15) is 0 Å². The molecule has 1 saturated heterocycles. The molecular formula is C9H17N. The maximum atomic E-state index is 3.61. The molecule has 0 aromatic carbocycles. The van der Waals surface area contributed by atoms with E-state index < -0.39 is 0 Å². The molecule has 1 aliphatic heterocycles. The summed E-state index contributed by atoms with van der Waals surface area (Å²) in [6.07, 6.45) is 7.21. The van der Waals surface area contributed by atoms with Crippen LogP contribution >= 0.6 is 0 Å². The predicted molar refractivity (Wildman–Crippen MR) is 43.0 cm³/mol. The molecule has 2 rings (SSSR count). The average molecular weight is 139 g/mol. The first-order valence-electron chi connectivity index (χ1n) is 4.58. The highest BCUT2D eigenvalue weighted by atomic mass is 15.0. The lowest BCUT2D eigenvalue weighted by molar-refractivity contribution is 0.514. The molecule has 1 nitrogen and oxygen atoms in total. The van der Waals surface area contributed by atoms with Crippen LogP contribution in [0.2, 0.25) is 0 Å². The summed E-state index contributed by atoms with van der Waals surface area (Å²) in [4.78, 5) is 0. The van der Waals surface area contributed by atoms with Crippen molar-refractivity contribution in [2.45, 2.75) is 45.1 Å². The van der Waals surface area contributed by atoms with Gasteiger partial charge in [-0.25, -0.2) is 0 Å². The summed E-state index contributed by atoms with van der Waals surface area (Å²) in [6, 6.07) is 0.868. The number of hydrogen-bond donors (Lipinski definition) is 1. The van der Waals surface area contributed by atoms with Crippen LogP contribution in [0.5, 0.6) is 0 Å². The van der Waals surface area contributed by atoms with Crippen molar-refractivity contribution >= 4 is 0 Å². The molecule has 1 aliphatic carbocycles. The molecular weight excluding hydrogens is 122 g/mol. The zero-order chi connectivity index (χ0) is 7.03. The molecule has 1 saturated carbocycles. The normalized spacial score (nSPS) is 35.1. The molecule has 2 fully saturated rings. The van der Waals surface area contributed by atoms with Gasteiger partial charge < -0.3 is 5.32 Å². The van der Waals surface area contributed by atoms with Crippen LogP contribution in [0, 0.1) is 5.41 Å². The smallest absolute Gasteiger partial charge is 0.00729 e. The second-order valence-corrected chi connectivity index (χ2v) is 4.07. The Hall–Kier alpha value is -0.0400. The fourth-order valence-electron chi connectivity index (χ4n) is 2.14. The van der Waals surface area contributed by atoms with Crippen LogP contribution < -0.4 is 5.32 Å². The van der Waals surface area contributed by atoms with Crippen LogP contribution in [-0.4, -0.2) is 12.6 Å². The Balaban J connectivity index is 1.82. The van der Waals surface area contributed by atoms with Gasteiger partial charge in [-0.15, -0.1) is 0 Å². The molecule has 0 bridgehead atoms. The summed E-state index contributed by atoms with van der Waals surface area (Å²) in [5.74, 6) is 0. The highest BCUT2D eigenvalue weighted by Crippen LogP contribution is 2.52. The predicted octanol–water partition coefficient (Wildman–Crippen LogP) is 1.93. The van der Waals surface area contributed by atoms with Gasteiger partial charge in [0.1, 0.15) is 0 Å². The Kier molecular flexibility index (Phi) is 1.48. The molecule has 1 spiro atoms. The van der Waals surface area contributed by atoms with Crippen molar-refractivity contribution in [3.05, 3.63) is 0 Å². The molecule has 1 unspecified atom stereocenters. The van der Waals surface area contributed by atoms with Crippen molar-refractivity contribution in [2.75, 3.05) is 6.54 Å². The third kappa shape index (κ3) is 1.07. The van der Waals surface area contributed by atoms with E-state index in [0.29, 0.717) is 0 Å². The maximum Gasteiger partial charge on any atom is 0.00729 e. The van der Waals surface area contributed by atoms with Crippen molar-refractivity contribution < 1.29 is 0 Å². The van der Waals surface area contributed by atoms with Crippen molar-refractivity contribution in [3.63, 3.8) is 0 Å². The zero-order valence-electron chi connectivity index (χ0n) is 6.82. The first-order chi connectivity index (χ1) is 4.85. The van der Waals surface area contributed by atoms with Gasteiger partial charge in [0.05, 0.1) is 0 Å². The second-order valence-electron chi connectivity index (χ2n) is 4.07. The van der Waals surface area contributed by atoms with Gasteiger partial charge in [0.2, 0.25) is 0 Å². The van der Waals surface area contributed by atoms with E-state index in [2.05, 4.69) is 12.2 Å². The van der Waals surface area contributed by atoms with E-state index in [1.165, 1.54) is 38.6 Å². The quantitative estimate of drug-likeness (QED) is 0.616. The Morgan fingerprint density at radius 3 is 2.80 bits per heavy atom. The van der Waals surface area contributed by atoms with E-state index in [0.717, 1.165) is 11.5 Å². The summed E-state index contributed by atoms with van der Waals surface area (Å²) in [7, 11) is 0. The summed E-state index contributed by atoms with van der Waals surface area (Å²) >= 11 is 0. The fraction of sp³-hybridized carbons (Fsp3) is 1.00. The Labute approximate surface area is 63.2 Å². The van der Waals surface area contributed by atoms with Crippen molar-refractivity contribution in [1.29, 1.82) is 0 Å². The van der Waals surface area contributed by atoms with Gasteiger partial charge in [0.15, 0.2) is 0 Å². The molecule has 0 aromatic rings. The van der Waals surface area contributed by atoms with Gasteiger partial charge in [0, 0.05) is 12.6 Å². The van der Waals surface area contributed by atoms with Crippen molar-refractivity contribution in [2.24, 2.45) is 5.41 Å². The van der Waals surface area contributed by atoms with Crippen LogP contribution in [0.3, 0.4) is 0 Å². The lowest BCUT2D eigenvalue weighted by Gasteiger charge is -2.06. The molecule has 0 radical (unpaired) electrons. The third-order valence-corrected chi connectivity index (χ3v) is 3.04. The Bertz CT molecular complexity index is 127. The van der Waals surface area contributed by atoms with Crippen molar-refractivity contribution in [3.8, 4) is 0 Å². The summed E-state index contributed by atoms with van der Waals surface area (Å²) in [5, 5.41) is 3.61. The minimum absolute atomic E-state index is 0.805. The summed E-state index contributed by atoms with van der Waals surface area (Å²) < 4.78 is 0. The first-order valence-corrected chi connectivity index (χ1v) is 4.58. The number of nitrogens with one attached hydrogen (secondary N) is 1. The molecule has 10 heavy (non-hydrogen) atoms. The molecule has 1 N–H and O–H groups in total. The summed E-state index contributed by atoms with van der Waals surface area (Å²) in [6.45, 7) is 3.59. The maximum absolute atomic E-state index is 3.61. The van der Waals surface area contributed by atoms with E-state index in [1.54, 1.807) is 0 Å². The molecule has 1 heterocycles. The summed E-state index contributed by atoms with van der Waals surface area (Å²) in [5.41, 5.74) is 0.805. The highest BCUT2D eigenvalue weighted by molar-refractivity contribution is 5.02. The van der Waals surface area contributed by atoms with Crippen LogP contribution in [0.1, 0.15) is 39.0 Å². The largest absolute Gasteiger partial charge is 0.313 e. The van der Waals surface area contributed by atoms with E-state index in [-0.39, 0.29) is 0 Å². The first kappa shape index (κ1) is 6.66. The lowest BCUT2D eigenvalue weighted by Crippen LogP contribution is -2.20. The molecule has 0 amide bonds. The second kappa shape index (κ2) is 2.23. The zero-order valence-corrected chi connectivity index (χ0v) is 6.82. The van der Waals surface area contributed by atoms with Gasteiger partial charge in [-0.05, 0) is 31.1 Å². The molecule has 58 valence electrons. The monoisotopic (exact) mass is 139 g/mol. The van der Waals surface area contributed by atoms with E-state index in [4.69, 9.17) is 0 Å². The van der Waals surface area contributed by atoms with Gasteiger partial charge in [0.25, 0.3) is 0 Å². The van der Waals surface area contributed by atoms with Crippen LogP contribution in [-0.2, 0) is 0 Å². The minimum atomic E-state index is 0.805. The topological polar surface area (TPSA) is 12.0 Å². The molecule has 1 atom stereocenters. The molecule has 0 aromatic heterocycles. The van der Waals surface area contributed by atoms with Crippen LogP contribution in [0.25, 0.3) is 0 Å². The van der Waals surface area contributed by atoms with E-state index in [1.807, 2.05) is 0 Å². The molecule has 2 aliphatic rings. The Morgan fingerprint density at radius 2 is 2.30 bits per heavy atom. The average Bonchev–Trinajstić information content (AvgIpc) is 2.52. The molecule has 1 heteroatoms. The Morgan fingerprint density at radius 1 is 1.50 bits per heavy atom. The van der Waals surface area contributed by atoms with E-state index >= 15 is 0 Å². The standard InChI is InChI=1S/C9H17N/c1-2-3-8-6-9(4-5-9)7-10-8/h8,10H,2-7H2,1H3. The van der Waals surface area contributed by atoms with Crippen LogP contribution in [0.4, 0.5) is 0 Å². The lowest BCUT2D eigenvalue weighted by atomic mass is 10.0. The number of rotatable bonds is 2. The number of hydrogen-bond acceptors (Lipinski definition) is 1. The van der Waals surface area contributed by atoms with Crippen LogP contribution in [0.15, 0.2) is 0 Å². The SMILES string of the molecule is CCCC1CC2(CC2)CN1. The van der Waals surface area contributed by atoms with Crippen molar-refractivity contribution in [1.82, 2.24) is 5.32 Å². The van der Waals surface area contributed by atoms with Gasteiger partial charge in [-0.1, -0.05) is 13.3 Å².